The summed E-state index contributed by atoms with van der Waals surface area (Å²) in [5.74, 6) is 0. The van der Waals surface area contributed by atoms with Gasteiger partial charge in [0.25, 0.3) is 0 Å². The van der Waals surface area contributed by atoms with Gasteiger partial charge in [-0.2, -0.15) is 5.10 Å². The van der Waals surface area contributed by atoms with Gasteiger partial charge in [-0.05, 0) is 38.5 Å². The Morgan fingerprint density at radius 2 is 1.96 bits per heavy atom. The Labute approximate surface area is 158 Å². The van der Waals surface area contributed by atoms with Crippen LogP contribution in [0.2, 0.25) is 10.0 Å². The highest BCUT2D eigenvalue weighted by Gasteiger charge is 2.11. The second kappa shape index (κ2) is 7.19. The van der Waals surface area contributed by atoms with E-state index in [4.69, 9.17) is 23.2 Å². The zero-order valence-corrected chi connectivity index (χ0v) is 16.4. The maximum atomic E-state index is 6.04. The van der Waals surface area contributed by atoms with E-state index in [1.165, 1.54) is 0 Å². The highest BCUT2D eigenvalue weighted by molar-refractivity contribution is 7.23. The molecule has 0 aliphatic carbocycles. The molecule has 24 heavy (non-hydrogen) atoms. The molecule has 2 heterocycles. The molecule has 0 saturated heterocycles. The van der Waals surface area contributed by atoms with E-state index in [0.717, 1.165) is 36.9 Å². The van der Waals surface area contributed by atoms with Crippen LogP contribution in [-0.2, 0) is 0 Å². The molecule has 0 fully saturated rings. The summed E-state index contributed by atoms with van der Waals surface area (Å²) in [6, 6.07) is 5.43. The van der Waals surface area contributed by atoms with Crippen molar-refractivity contribution in [1.82, 2.24) is 9.97 Å². The third kappa shape index (κ3) is 3.78. The van der Waals surface area contributed by atoms with Crippen LogP contribution in [0.4, 0.5) is 5.13 Å². The molecule has 0 spiro atoms. The summed E-state index contributed by atoms with van der Waals surface area (Å²) in [6.07, 6.45) is 1.84. The van der Waals surface area contributed by atoms with Crippen LogP contribution in [0.1, 0.15) is 23.2 Å². The number of nitrogens with one attached hydrogen (secondary N) is 1. The van der Waals surface area contributed by atoms with Crippen molar-refractivity contribution in [3.05, 3.63) is 50.7 Å². The van der Waals surface area contributed by atoms with Crippen LogP contribution in [0.15, 0.2) is 29.5 Å². The molecule has 3 rings (SSSR count). The van der Waals surface area contributed by atoms with E-state index in [1.807, 2.05) is 33.0 Å². The first-order chi connectivity index (χ1) is 11.4. The van der Waals surface area contributed by atoms with Gasteiger partial charge in [-0.25, -0.2) is 9.97 Å². The molecule has 0 bridgehead atoms. The molecule has 1 N–H and O–H groups in total. The Balaban J connectivity index is 1.77. The van der Waals surface area contributed by atoms with Gasteiger partial charge in [-0.1, -0.05) is 40.6 Å². The van der Waals surface area contributed by atoms with E-state index < -0.39 is 0 Å². The lowest BCUT2D eigenvalue weighted by Gasteiger charge is -2.03. The normalized spacial score (nSPS) is 11.8. The first-order valence-corrected chi connectivity index (χ1v) is 9.49. The number of rotatable bonds is 4. The molecule has 3 aromatic rings. The lowest BCUT2D eigenvalue weighted by molar-refractivity contribution is 1.20. The molecule has 1 aromatic carbocycles. The number of aryl methyl sites for hydroxylation is 2. The molecule has 0 aliphatic heterocycles. The van der Waals surface area contributed by atoms with Gasteiger partial charge in [0.1, 0.15) is 0 Å². The number of thiazole rings is 2. The molecule has 2 aromatic heterocycles. The number of aromatic nitrogens is 2. The fourth-order valence-electron chi connectivity index (χ4n) is 2.11. The Morgan fingerprint density at radius 3 is 2.62 bits per heavy atom. The van der Waals surface area contributed by atoms with Gasteiger partial charge in [0.15, 0.2) is 0 Å². The van der Waals surface area contributed by atoms with E-state index in [9.17, 15) is 0 Å². The van der Waals surface area contributed by atoms with Gasteiger partial charge in [0.2, 0.25) is 5.13 Å². The van der Waals surface area contributed by atoms with E-state index in [1.54, 1.807) is 34.8 Å². The number of benzene rings is 1. The molecular formula is C16H14Cl2N4S2. The van der Waals surface area contributed by atoms with Crippen molar-refractivity contribution in [2.75, 3.05) is 5.43 Å². The van der Waals surface area contributed by atoms with Crippen LogP contribution in [0.5, 0.6) is 0 Å². The third-order valence-electron chi connectivity index (χ3n) is 3.29. The Hall–Kier alpha value is -1.47. The second-order valence-electron chi connectivity index (χ2n) is 5.11. The number of anilines is 1. The smallest absolute Gasteiger partial charge is 0.203 e. The van der Waals surface area contributed by atoms with Gasteiger partial charge in [-0.15, -0.1) is 11.3 Å². The van der Waals surface area contributed by atoms with Crippen molar-refractivity contribution in [2.45, 2.75) is 20.8 Å². The van der Waals surface area contributed by atoms with Crippen LogP contribution >= 0.6 is 45.9 Å². The van der Waals surface area contributed by atoms with E-state index in [0.29, 0.717) is 10.0 Å². The second-order valence-corrected chi connectivity index (χ2v) is 8.16. The average molecular weight is 397 g/mol. The van der Waals surface area contributed by atoms with Crippen LogP contribution in [0.3, 0.4) is 0 Å². The Morgan fingerprint density at radius 1 is 1.17 bits per heavy atom. The van der Waals surface area contributed by atoms with Gasteiger partial charge in [-0.3, -0.25) is 5.43 Å². The van der Waals surface area contributed by atoms with Crippen LogP contribution in [0, 0.1) is 13.8 Å². The summed E-state index contributed by atoms with van der Waals surface area (Å²) in [6.45, 7) is 5.92. The summed E-state index contributed by atoms with van der Waals surface area (Å²) >= 11 is 15.2. The third-order valence-corrected chi connectivity index (χ3v) is 6.18. The van der Waals surface area contributed by atoms with Crippen molar-refractivity contribution < 1.29 is 0 Å². The van der Waals surface area contributed by atoms with E-state index in [2.05, 4.69) is 20.5 Å². The number of nitrogens with zero attached hydrogens (tertiary/aromatic N) is 3. The molecular weight excluding hydrogens is 383 g/mol. The van der Waals surface area contributed by atoms with E-state index in [-0.39, 0.29) is 0 Å². The maximum Gasteiger partial charge on any atom is 0.203 e. The molecule has 124 valence electrons. The Bertz CT molecular complexity index is 915. The fraction of sp³-hybridized carbons (Fsp3) is 0.188. The average Bonchev–Trinajstić information content (AvgIpc) is 3.13. The molecule has 0 saturated carbocycles. The summed E-state index contributed by atoms with van der Waals surface area (Å²) in [5.41, 5.74) is 5.73. The highest BCUT2D eigenvalue weighted by Crippen LogP contribution is 2.35. The zero-order chi connectivity index (χ0) is 17.3. The van der Waals surface area contributed by atoms with Crippen molar-refractivity contribution in [3.63, 3.8) is 0 Å². The summed E-state index contributed by atoms with van der Waals surface area (Å²) in [7, 11) is 0. The summed E-state index contributed by atoms with van der Waals surface area (Å²) < 4.78 is 0. The first kappa shape index (κ1) is 17.4. The van der Waals surface area contributed by atoms with Crippen LogP contribution in [-0.4, -0.2) is 15.7 Å². The predicted molar refractivity (Wildman–Crippen MR) is 105 cm³/mol. The van der Waals surface area contributed by atoms with Crippen LogP contribution in [0.25, 0.3) is 9.75 Å². The highest BCUT2D eigenvalue weighted by atomic mass is 35.5. The largest absolute Gasteiger partial charge is 0.252 e. The minimum Gasteiger partial charge on any atom is -0.252 e. The molecule has 0 aliphatic rings. The number of hydrazone groups is 1. The summed E-state index contributed by atoms with van der Waals surface area (Å²) in [5, 5.41) is 7.20. The quantitative estimate of drug-likeness (QED) is 0.432. The SMILES string of the molecule is CC(=NNc1ncc(-c2sc(C)nc2C)s1)c1ccc(Cl)c(Cl)c1. The molecule has 8 heteroatoms. The topological polar surface area (TPSA) is 50.2 Å². The van der Waals surface area contributed by atoms with Gasteiger partial charge in [0, 0.05) is 6.20 Å². The lowest BCUT2D eigenvalue weighted by Crippen LogP contribution is -1.99. The van der Waals surface area contributed by atoms with Crippen molar-refractivity contribution in [3.8, 4) is 9.75 Å². The van der Waals surface area contributed by atoms with Crippen molar-refractivity contribution in [2.24, 2.45) is 5.10 Å². The zero-order valence-electron chi connectivity index (χ0n) is 13.2. The molecule has 0 radical (unpaired) electrons. The monoisotopic (exact) mass is 396 g/mol. The first-order valence-electron chi connectivity index (χ1n) is 7.10. The van der Waals surface area contributed by atoms with Gasteiger partial charge < -0.3 is 0 Å². The maximum absolute atomic E-state index is 6.04. The standard InChI is InChI=1S/C16H14Cl2N4S2/c1-8(11-4-5-12(17)13(18)6-11)21-22-16-19-7-14(24-16)15-9(2)20-10(3)23-15/h4-7H,1-3H3,(H,19,22). The van der Waals surface area contributed by atoms with E-state index >= 15 is 0 Å². The minimum atomic E-state index is 0.510. The molecule has 0 unspecified atom stereocenters. The lowest BCUT2D eigenvalue weighted by atomic mass is 10.1. The Kier molecular flexibility index (Phi) is 5.20. The van der Waals surface area contributed by atoms with Gasteiger partial charge >= 0.3 is 0 Å². The number of halogens is 2. The molecule has 0 amide bonds. The minimum absolute atomic E-state index is 0.510. The predicted octanol–water partition coefficient (Wildman–Crippen LogP) is 6.03. The number of hydrogen-bond donors (Lipinski definition) is 1. The fourth-order valence-corrected chi connectivity index (χ4v) is 4.23. The number of hydrogen-bond acceptors (Lipinski definition) is 6. The van der Waals surface area contributed by atoms with Crippen molar-refractivity contribution >= 4 is 56.7 Å². The molecule has 4 nitrogen and oxygen atoms in total. The molecule has 0 atom stereocenters. The van der Waals surface area contributed by atoms with Crippen LogP contribution < -0.4 is 5.43 Å². The summed E-state index contributed by atoms with van der Waals surface area (Å²) in [4.78, 5) is 11.1. The van der Waals surface area contributed by atoms with Gasteiger partial charge in [0.05, 0.1) is 36.2 Å². The van der Waals surface area contributed by atoms with Crippen molar-refractivity contribution in [1.29, 1.82) is 0 Å².